The van der Waals surface area contributed by atoms with Crippen molar-refractivity contribution in [3.63, 3.8) is 0 Å². The summed E-state index contributed by atoms with van der Waals surface area (Å²) in [5.41, 5.74) is 3.04. The first-order chi connectivity index (χ1) is 13.5. The van der Waals surface area contributed by atoms with Crippen LogP contribution in [0.25, 0.3) is 10.9 Å². The molecule has 146 valence electrons. The Kier molecular flexibility index (Phi) is 4.94. The van der Waals surface area contributed by atoms with Crippen LogP contribution >= 0.6 is 0 Å². The molecule has 0 saturated carbocycles. The molecule has 6 heteroatoms. The number of hydrogen-bond donors (Lipinski definition) is 2. The third kappa shape index (κ3) is 3.67. The summed E-state index contributed by atoms with van der Waals surface area (Å²) < 4.78 is 22.2. The van der Waals surface area contributed by atoms with Gasteiger partial charge in [0.15, 0.2) is 11.6 Å². The Morgan fingerprint density at radius 2 is 2.18 bits per heavy atom. The van der Waals surface area contributed by atoms with Gasteiger partial charge in [-0.05, 0) is 49.2 Å². The van der Waals surface area contributed by atoms with Gasteiger partial charge in [0, 0.05) is 42.8 Å². The van der Waals surface area contributed by atoms with E-state index in [4.69, 9.17) is 4.74 Å². The Balaban J connectivity index is 1.46. The van der Waals surface area contributed by atoms with Crippen LogP contribution in [0.4, 0.5) is 4.39 Å². The molecule has 0 amide bonds. The number of nitrogens with zero attached hydrogens (tertiary/aromatic N) is 2. The van der Waals surface area contributed by atoms with E-state index in [-0.39, 0.29) is 17.6 Å². The summed E-state index contributed by atoms with van der Waals surface area (Å²) in [5, 5.41) is 12.0. The van der Waals surface area contributed by atoms with Gasteiger partial charge in [0.25, 0.3) is 0 Å². The van der Waals surface area contributed by atoms with E-state index in [0.29, 0.717) is 11.8 Å². The standard InChI is InChI=1S/C22H25FN4O/c1-4-17-11-18(13-24-17)26-14(2)15-5-8-22(20(23)10-15)28-19-6-7-21-16(9-19)12-25-27(21)3/h5-10,12-14,17,24,26H,4,11H2,1-3H3/t14?,17-/m0/s1. The minimum Gasteiger partial charge on any atom is -0.454 e. The monoisotopic (exact) mass is 380 g/mol. The van der Waals surface area contributed by atoms with Gasteiger partial charge in [0.05, 0.1) is 11.7 Å². The van der Waals surface area contributed by atoms with Crippen LogP contribution in [0.2, 0.25) is 0 Å². The Labute approximate surface area is 164 Å². The lowest BCUT2D eigenvalue weighted by Gasteiger charge is -2.17. The minimum atomic E-state index is -0.373. The lowest BCUT2D eigenvalue weighted by molar-refractivity contribution is 0.441. The highest BCUT2D eigenvalue weighted by molar-refractivity contribution is 5.80. The Morgan fingerprint density at radius 1 is 1.32 bits per heavy atom. The Morgan fingerprint density at radius 3 is 2.93 bits per heavy atom. The molecule has 2 aromatic carbocycles. The van der Waals surface area contributed by atoms with E-state index in [1.807, 2.05) is 44.4 Å². The number of ether oxygens (including phenoxy) is 1. The first kappa shape index (κ1) is 18.3. The first-order valence-electron chi connectivity index (χ1n) is 9.64. The predicted molar refractivity (Wildman–Crippen MR) is 109 cm³/mol. The van der Waals surface area contributed by atoms with E-state index in [2.05, 4.69) is 22.7 Å². The van der Waals surface area contributed by atoms with E-state index in [9.17, 15) is 4.39 Å². The number of nitrogens with one attached hydrogen (secondary N) is 2. The molecule has 3 aromatic rings. The van der Waals surface area contributed by atoms with Crippen LogP contribution in [0.15, 0.2) is 54.5 Å². The number of aryl methyl sites for hydroxylation is 1. The van der Waals surface area contributed by atoms with Crippen molar-refractivity contribution in [2.45, 2.75) is 38.8 Å². The molecule has 2 N–H and O–H groups in total. The molecule has 0 fully saturated rings. The molecule has 0 radical (unpaired) electrons. The first-order valence-corrected chi connectivity index (χ1v) is 9.64. The summed E-state index contributed by atoms with van der Waals surface area (Å²) in [7, 11) is 1.89. The quantitative estimate of drug-likeness (QED) is 0.647. The summed E-state index contributed by atoms with van der Waals surface area (Å²) in [4.78, 5) is 0. The fourth-order valence-corrected chi connectivity index (χ4v) is 3.53. The van der Waals surface area contributed by atoms with Crippen molar-refractivity contribution in [2.75, 3.05) is 0 Å². The van der Waals surface area contributed by atoms with Gasteiger partial charge in [-0.25, -0.2) is 4.39 Å². The van der Waals surface area contributed by atoms with E-state index in [1.54, 1.807) is 16.9 Å². The van der Waals surface area contributed by atoms with Gasteiger partial charge in [-0.2, -0.15) is 5.10 Å². The van der Waals surface area contributed by atoms with Crippen molar-refractivity contribution in [2.24, 2.45) is 7.05 Å². The molecule has 1 aromatic heterocycles. The zero-order valence-corrected chi connectivity index (χ0v) is 16.4. The second-order valence-electron chi connectivity index (χ2n) is 7.29. The molecule has 28 heavy (non-hydrogen) atoms. The molecule has 4 rings (SSSR count). The van der Waals surface area contributed by atoms with Crippen molar-refractivity contribution in [1.29, 1.82) is 0 Å². The van der Waals surface area contributed by atoms with Crippen molar-refractivity contribution >= 4 is 10.9 Å². The second kappa shape index (κ2) is 7.54. The summed E-state index contributed by atoms with van der Waals surface area (Å²) in [6.45, 7) is 4.20. The number of halogens is 1. The molecule has 0 bridgehead atoms. The summed E-state index contributed by atoms with van der Waals surface area (Å²) in [6, 6.07) is 11.2. The maximum Gasteiger partial charge on any atom is 0.166 e. The SMILES string of the molecule is CC[C@H]1CC(NC(C)c2ccc(Oc3ccc4c(cnn4C)c3)c(F)c2)=CN1. The van der Waals surface area contributed by atoms with Crippen LogP contribution in [0.5, 0.6) is 11.5 Å². The van der Waals surface area contributed by atoms with Crippen LogP contribution in [0.3, 0.4) is 0 Å². The molecular weight excluding hydrogens is 355 g/mol. The number of hydrogen-bond acceptors (Lipinski definition) is 4. The zero-order chi connectivity index (χ0) is 19.7. The predicted octanol–water partition coefficient (Wildman–Crippen LogP) is 4.77. The van der Waals surface area contributed by atoms with Crippen LogP contribution in [0, 0.1) is 5.82 Å². The maximum atomic E-state index is 14.6. The fraction of sp³-hybridized carbons (Fsp3) is 0.318. The third-order valence-electron chi connectivity index (χ3n) is 5.26. The average Bonchev–Trinajstić information content (AvgIpc) is 3.29. The van der Waals surface area contributed by atoms with Crippen molar-refractivity contribution in [1.82, 2.24) is 20.4 Å². The van der Waals surface area contributed by atoms with Crippen molar-refractivity contribution in [3.05, 3.63) is 65.9 Å². The molecule has 0 spiro atoms. The molecule has 2 atom stereocenters. The summed E-state index contributed by atoms with van der Waals surface area (Å²) >= 11 is 0. The minimum absolute atomic E-state index is 0.0129. The molecular formula is C22H25FN4O. The van der Waals surface area contributed by atoms with Gasteiger partial charge in [-0.3, -0.25) is 4.68 Å². The van der Waals surface area contributed by atoms with Gasteiger partial charge in [-0.15, -0.1) is 0 Å². The average molecular weight is 380 g/mol. The number of fused-ring (bicyclic) bond motifs is 1. The molecule has 2 heterocycles. The van der Waals surface area contributed by atoms with Crippen LogP contribution in [-0.2, 0) is 7.05 Å². The Hall–Kier alpha value is -3.02. The number of aromatic nitrogens is 2. The third-order valence-corrected chi connectivity index (χ3v) is 5.26. The Bertz CT molecular complexity index is 1030. The van der Waals surface area contributed by atoms with E-state index in [0.717, 1.165) is 35.0 Å². The fourth-order valence-electron chi connectivity index (χ4n) is 3.53. The molecule has 1 unspecified atom stereocenters. The van der Waals surface area contributed by atoms with Crippen molar-refractivity contribution in [3.8, 4) is 11.5 Å². The van der Waals surface area contributed by atoms with Gasteiger partial charge in [-0.1, -0.05) is 13.0 Å². The lowest BCUT2D eigenvalue weighted by atomic mass is 10.1. The van der Waals surface area contributed by atoms with E-state index >= 15 is 0 Å². The smallest absolute Gasteiger partial charge is 0.166 e. The molecule has 1 aliphatic heterocycles. The van der Waals surface area contributed by atoms with Gasteiger partial charge in [0.2, 0.25) is 0 Å². The van der Waals surface area contributed by atoms with Gasteiger partial charge < -0.3 is 15.4 Å². The van der Waals surface area contributed by atoms with Crippen molar-refractivity contribution < 1.29 is 9.13 Å². The maximum absolute atomic E-state index is 14.6. The summed E-state index contributed by atoms with van der Waals surface area (Å²) in [6.07, 6.45) is 5.85. The van der Waals surface area contributed by atoms with Crippen LogP contribution in [0.1, 0.15) is 38.3 Å². The molecule has 5 nitrogen and oxygen atoms in total. The topological polar surface area (TPSA) is 51.1 Å². The molecule has 0 saturated heterocycles. The second-order valence-corrected chi connectivity index (χ2v) is 7.29. The highest BCUT2D eigenvalue weighted by atomic mass is 19.1. The highest BCUT2D eigenvalue weighted by Crippen LogP contribution is 2.29. The summed E-state index contributed by atoms with van der Waals surface area (Å²) in [5.74, 6) is 0.431. The largest absolute Gasteiger partial charge is 0.454 e. The van der Waals surface area contributed by atoms with Crippen LogP contribution in [-0.4, -0.2) is 15.8 Å². The van der Waals surface area contributed by atoms with E-state index < -0.39 is 0 Å². The normalized spacial score (nSPS) is 17.3. The number of benzene rings is 2. The lowest BCUT2D eigenvalue weighted by Crippen LogP contribution is -2.20. The zero-order valence-electron chi connectivity index (χ0n) is 16.4. The molecule has 1 aliphatic rings. The van der Waals surface area contributed by atoms with E-state index in [1.165, 1.54) is 6.07 Å². The van der Waals surface area contributed by atoms with Gasteiger partial charge >= 0.3 is 0 Å². The number of rotatable bonds is 6. The van der Waals surface area contributed by atoms with Crippen LogP contribution < -0.4 is 15.4 Å². The molecule has 0 aliphatic carbocycles. The highest BCUT2D eigenvalue weighted by Gasteiger charge is 2.17. The van der Waals surface area contributed by atoms with Gasteiger partial charge in [0.1, 0.15) is 5.75 Å².